The van der Waals surface area contributed by atoms with Gasteiger partial charge in [-0.2, -0.15) is 0 Å². The van der Waals surface area contributed by atoms with Crippen LogP contribution in [0.15, 0.2) is 35.5 Å². The van der Waals surface area contributed by atoms with Gasteiger partial charge >= 0.3 is 0 Å². The van der Waals surface area contributed by atoms with Crippen molar-refractivity contribution in [3.63, 3.8) is 0 Å². The zero-order valence-electron chi connectivity index (χ0n) is 16.6. The first-order valence-electron chi connectivity index (χ1n) is 9.20. The van der Waals surface area contributed by atoms with Crippen LogP contribution in [0.4, 0.5) is 5.69 Å². The Labute approximate surface area is 165 Å². The molecular formula is C21H27N3O2S. The van der Waals surface area contributed by atoms with Crippen molar-refractivity contribution in [3.8, 4) is 11.5 Å². The largest absolute Gasteiger partial charge is 0.490 e. The molecule has 3 aromatic rings. The van der Waals surface area contributed by atoms with Gasteiger partial charge in [-0.05, 0) is 38.0 Å². The molecule has 6 heteroatoms. The maximum Gasteiger partial charge on any atom is 0.166 e. The summed E-state index contributed by atoms with van der Waals surface area (Å²) in [5.74, 6) is 2.34. The number of hydrogen-bond donors (Lipinski definition) is 1. The number of nitrogens with zero attached hydrogens (tertiary/aromatic N) is 2. The minimum absolute atomic E-state index is 0.596. The Balaban J connectivity index is 1.84. The average Bonchev–Trinajstić information content (AvgIpc) is 3.03. The summed E-state index contributed by atoms with van der Waals surface area (Å²) < 4.78 is 11.4. The topological polar surface area (TPSA) is 50.4 Å². The van der Waals surface area contributed by atoms with E-state index >= 15 is 0 Å². The van der Waals surface area contributed by atoms with Crippen molar-refractivity contribution in [1.29, 1.82) is 0 Å². The molecule has 144 valence electrons. The first kappa shape index (κ1) is 19.4. The number of rotatable bonds is 8. The van der Waals surface area contributed by atoms with Crippen molar-refractivity contribution >= 4 is 28.5 Å². The van der Waals surface area contributed by atoms with Crippen LogP contribution in [0.25, 0.3) is 11.0 Å². The van der Waals surface area contributed by atoms with E-state index in [0.29, 0.717) is 13.2 Å². The number of nitrogens with one attached hydrogen (secondary N) is 1. The van der Waals surface area contributed by atoms with Gasteiger partial charge in [0.05, 0.1) is 24.2 Å². The lowest BCUT2D eigenvalue weighted by Crippen LogP contribution is -2.11. The van der Waals surface area contributed by atoms with Gasteiger partial charge in [0.25, 0.3) is 0 Å². The lowest BCUT2D eigenvalue weighted by atomic mass is 10.1. The van der Waals surface area contributed by atoms with E-state index in [9.17, 15) is 0 Å². The van der Waals surface area contributed by atoms with E-state index in [1.807, 2.05) is 26.0 Å². The van der Waals surface area contributed by atoms with Crippen molar-refractivity contribution in [2.24, 2.45) is 0 Å². The fourth-order valence-electron chi connectivity index (χ4n) is 2.96. The van der Waals surface area contributed by atoms with Gasteiger partial charge in [-0.15, -0.1) is 0 Å². The number of fused-ring (bicyclic) bond motifs is 1. The Bertz CT molecular complexity index is 878. The number of hydrogen-bond acceptors (Lipinski definition) is 5. The van der Waals surface area contributed by atoms with Crippen LogP contribution in [0.5, 0.6) is 11.5 Å². The van der Waals surface area contributed by atoms with Gasteiger partial charge in [-0.3, -0.25) is 0 Å². The quantitative estimate of drug-likeness (QED) is 0.551. The summed E-state index contributed by atoms with van der Waals surface area (Å²) in [6.07, 6.45) is 0. The Morgan fingerprint density at radius 1 is 1.04 bits per heavy atom. The van der Waals surface area contributed by atoms with Crippen LogP contribution in [0.3, 0.4) is 0 Å². The predicted molar refractivity (Wildman–Crippen MR) is 113 cm³/mol. The molecule has 0 unspecified atom stereocenters. The second-order valence-electron chi connectivity index (χ2n) is 6.54. The van der Waals surface area contributed by atoms with Crippen molar-refractivity contribution in [1.82, 2.24) is 9.97 Å². The molecule has 5 nitrogen and oxygen atoms in total. The highest BCUT2D eigenvalue weighted by Crippen LogP contribution is 2.34. The van der Waals surface area contributed by atoms with Crippen molar-refractivity contribution < 1.29 is 9.47 Å². The van der Waals surface area contributed by atoms with Gasteiger partial charge in [-0.25, -0.2) is 4.98 Å². The number of anilines is 1. The molecule has 0 bridgehead atoms. The number of benzene rings is 2. The molecule has 0 saturated heterocycles. The van der Waals surface area contributed by atoms with E-state index in [0.717, 1.165) is 33.4 Å². The maximum atomic E-state index is 5.70. The van der Waals surface area contributed by atoms with Crippen LogP contribution >= 0.6 is 11.8 Å². The summed E-state index contributed by atoms with van der Waals surface area (Å²) >= 11 is 1.70. The number of ether oxygens (including phenoxy) is 2. The minimum atomic E-state index is 0.596. The fourth-order valence-corrected chi connectivity index (χ4v) is 3.84. The monoisotopic (exact) mass is 385 g/mol. The molecule has 0 aliphatic rings. The molecule has 0 saturated carbocycles. The van der Waals surface area contributed by atoms with Gasteiger partial charge in [0.1, 0.15) is 0 Å². The molecule has 0 fully saturated rings. The molecule has 2 aromatic carbocycles. The molecule has 3 rings (SSSR count). The minimum Gasteiger partial charge on any atom is -0.490 e. The maximum absolute atomic E-state index is 5.70. The van der Waals surface area contributed by atoms with Crippen LogP contribution in [-0.4, -0.2) is 37.3 Å². The average molecular weight is 386 g/mol. The molecule has 1 aromatic heterocycles. The molecule has 27 heavy (non-hydrogen) atoms. The summed E-state index contributed by atoms with van der Waals surface area (Å²) in [6.45, 7) is 7.25. The lowest BCUT2D eigenvalue weighted by Gasteiger charge is -2.17. The Morgan fingerprint density at radius 2 is 1.74 bits per heavy atom. The molecule has 0 radical (unpaired) electrons. The Hall–Kier alpha value is -2.34. The fraction of sp³-hybridized carbons (Fsp3) is 0.381. The van der Waals surface area contributed by atoms with Gasteiger partial charge in [0, 0.05) is 37.7 Å². The molecule has 0 aliphatic heterocycles. The molecule has 0 spiro atoms. The number of thioether (sulfide) groups is 1. The lowest BCUT2D eigenvalue weighted by molar-refractivity contribution is 0.288. The van der Waals surface area contributed by atoms with Crippen LogP contribution in [-0.2, 0) is 5.75 Å². The third-order valence-electron chi connectivity index (χ3n) is 4.21. The van der Waals surface area contributed by atoms with Gasteiger partial charge in [0.2, 0.25) is 0 Å². The van der Waals surface area contributed by atoms with Crippen LogP contribution in [0.2, 0.25) is 0 Å². The van der Waals surface area contributed by atoms with E-state index in [-0.39, 0.29) is 0 Å². The van der Waals surface area contributed by atoms with Crippen LogP contribution in [0.1, 0.15) is 25.0 Å². The summed E-state index contributed by atoms with van der Waals surface area (Å²) in [6, 6.07) is 10.5. The van der Waals surface area contributed by atoms with E-state index in [1.54, 1.807) is 11.8 Å². The van der Waals surface area contributed by atoms with E-state index in [1.165, 1.54) is 16.8 Å². The predicted octanol–water partition coefficient (Wildman–Crippen LogP) is 5.03. The van der Waals surface area contributed by atoms with Crippen LogP contribution in [0, 0.1) is 6.92 Å². The third kappa shape index (κ3) is 4.50. The molecule has 0 aliphatic carbocycles. The number of aryl methyl sites for hydroxylation is 1. The zero-order chi connectivity index (χ0) is 19.4. The van der Waals surface area contributed by atoms with Crippen molar-refractivity contribution in [3.05, 3.63) is 41.5 Å². The summed E-state index contributed by atoms with van der Waals surface area (Å²) in [5, 5.41) is 0.895. The number of aromatic amines is 1. The van der Waals surface area contributed by atoms with E-state index < -0.39 is 0 Å². The number of H-pyrrole nitrogens is 1. The first-order valence-corrected chi connectivity index (χ1v) is 10.2. The standard InChI is InChI=1S/C21H27N3O2S/c1-6-25-19-11-16-17(12-20(19)26-7-2)23-21(22-16)27-13-15-9-8-14(3)10-18(15)24(4)5/h8-12H,6-7,13H2,1-5H3,(H,22,23). The summed E-state index contributed by atoms with van der Waals surface area (Å²) in [7, 11) is 4.16. The van der Waals surface area contributed by atoms with Crippen molar-refractivity contribution in [2.75, 3.05) is 32.2 Å². The summed E-state index contributed by atoms with van der Waals surface area (Å²) in [4.78, 5) is 10.3. The summed E-state index contributed by atoms with van der Waals surface area (Å²) in [5.41, 5.74) is 5.65. The Kier molecular flexibility index (Phi) is 6.16. The molecule has 0 atom stereocenters. The first-order chi connectivity index (χ1) is 13.0. The molecule has 1 N–H and O–H groups in total. The smallest absolute Gasteiger partial charge is 0.166 e. The normalized spacial score (nSPS) is 11.0. The molecule has 1 heterocycles. The van der Waals surface area contributed by atoms with Gasteiger partial charge < -0.3 is 19.4 Å². The van der Waals surface area contributed by atoms with Gasteiger partial charge in [0.15, 0.2) is 16.7 Å². The second kappa shape index (κ2) is 8.57. The molecular weight excluding hydrogens is 358 g/mol. The van der Waals surface area contributed by atoms with E-state index in [4.69, 9.17) is 14.5 Å². The highest BCUT2D eigenvalue weighted by atomic mass is 32.2. The van der Waals surface area contributed by atoms with Crippen molar-refractivity contribution in [2.45, 2.75) is 31.7 Å². The number of aromatic nitrogens is 2. The third-order valence-corrected chi connectivity index (χ3v) is 5.13. The SMILES string of the molecule is CCOc1cc2nc(SCc3ccc(C)cc3N(C)C)[nH]c2cc1OCC. The molecule has 0 amide bonds. The second-order valence-corrected chi connectivity index (χ2v) is 7.50. The zero-order valence-corrected chi connectivity index (χ0v) is 17.4. The highest BCUT2D eigenvalue weighted by Gasteiger charge is 2.12. The Morgan fingerprint density at radius 3 is 2.41 bits per heavy atom. The van der Waals surface area contributed by atoms with Crippen LogP contribution < -0.4 is 14.4 Å². The number of imidazole rings is 1. The highest BCUT2D eigenvalue weighted by molar-refractivity contribution is 7.98. The van der Waals surface area contributed by atoms with E-state index in [2.05, 4.69) is 49.1 Å². The van der Waals surface area contributed by atoms with Gasteiger partial charge in [-0.1, -0.05) is 23.9 Å².